The third-order valence-corrected chi connectivity index (χ3v) is 3.82. The van der Waals surface area contributed by atoms with Crippen LogP contribution in [0.3, 0.4) is 0 Å². The lowest BCUT2D eigenvalue weighted by Gasteiger charge is -2.13. The van der Waals surface area contributed by atoms with Gasteiger partial charge in [0.2, 0.25) is 0 Å². The molecule has 1 aliphatic rings. The lowest BCUT2D eigenvalue weighted by atomic mass is 10.0. The Balaban J connectivity index is 1.77. The zero-order valence-electron chi connectivity index (χ0n) is 11.5. The molecule has 2 heteroatoms. The van der Waals surface area contributed by atoms with E-state index in [-0.39, 0.29) is 0 Å². The van der Waals surface area contributed by atoms with E-state index >= 15 is 0 Å². The van der Waals surface area contributed by atoms with E-state index in [2.05, 4.69) is 47.9 Å². The summed E-state index contributed by atoms with van der Waals surface area (Å²) < 4.78 is 2.37. The van der Waals surface area contributed by atoms with Crippen molar-refractivity contribution in [1.82, 2.24) is 9.55 Å². The zero-order valence-corrected chi connectivity index (χ0v) is 11.5. The standard InChI is InChI=1S/C17H20N2/c1-14-18-16-11-5-6-12-17(16)19(14)13-7-10-15-8-3-2-4-9-15/h2-4,7-10H,5-6,11-13H2,1H3/b10-7+. The van der Waals surface area contributed by atoms with E-state index in [4.69, 9.17) is 4.98 Å². The molecule has 0 atom stereocenters. The third kappa shape index (κ3) is 2.62. The molecule has 1 aromatic carbocycles. The molecular formula is C17H20N2. The van der Waals surface area contributed by atoms with Crippen LogP contribution in [0, 0.1) is 6.92 Å². The molecule has 2 nitrogen and oxygen atoms in total. The molecule has 0 unspecified atom stereocenters. The van der Waals surface area contributed by atoms with Gasteiger partial charge in [0.1, 0.15) is 5.82 Å². The average Bonchev–Trinajstić information content (AvgIpc) is 2.76. The first-order valence-electron chi connectivity index (χ1n) is 7.11. The molecule has 98 valence electrons. The highest BCUT2D eigenvalue weighted by atomic mass is 15.1. The van der Waals surface area contributed by atoms with Gasteiger partial charge in [-0.1, -0.05) is 42.5 Å². The summed E-state index contributed by atoms with van der Waals surface area (Å²) >= 11 is 0. The second kappa shape index (κ2) is 5.43. The second-order valence-electron chi connectivity index (χ2n) is 5.18. The van der Waals surface area contributed by atoms with Gasteiger partial charge in [0.05, 0.1) is 5.69 Å². The smallest absolute Gasteiger partial charge is 0.106 e. The highest BCUT2D eigenvalue weighted by Gasteiger charge is 2.16. The summed E-state index contributed by atoms with van der Waals surface area (Å²) in [7, 11) is 0. The first-order valence-corrected chi connectivity index (χ1v) is 7.11. The summed E-state index contributed by atoms with van der Waals surface area (Å²) in [4.78, 5) is 4.71. The van der Waals surface area contributed by atoms with Gasteiger partial charge in [0.25, 0.3) is 0 Å². The van der Waals surface area contributed by atoms with Crippen molar-refractivity contribution in [1.29, 1.82) is 0 Å². The van der Waals surface area contributed by atoms with Gasteiger partial charge in [-0.25, -0.2) is 4.98 Å². The van der Waals surface area contributed by atoms with Crippen LogP contribution in [0.25, 0.3) is 6.08 Å². The van der Waals surface area contributed by atoms with E-state index in [1.807, 2.05) is 6.07 Å². The van der Waals surface area contributed by atoms with Crippen molar-refractivity contribution >= 4 is 6.08 Å². The lowest BCUT2D eigenvalue weighted by Crippen LogP contribution is -2.08. The highest BCUT2D eigenvalue weighted by Crippen LogP contribution is 2.22. The summed E-state index contributed by atoms with van der Waals surface area (Å²) in [6.45, 7) is 3.05. The number of aryl methyl sites for hydroxylation is 2. The molecule has 1 aromatic heterocycles. The number of benzene rings is 1. The molecule has 19 heavy (non-hydrogen) atoms. The predicted molar refractivity (Wildman–Crippen MR) is 79.1 cm³/mol. The summed E-state index contributed by atoms with van der Waals surface area (Å²) in [6.07, 6.45) is 9.37. The van der Waals surface area contributed by atoms with E-state index in [1.165, 1.54) is 36.2 Å². The van der Waals surface area contributed by atoms with Crippen LogP contribution in [0.15, 0.2) is 36.4 Å². The predicted octanol–water partition coefficient (Wildman–Crippen LogP) is 3.78. The van der Waals surface area contributed by atoms with Crippen LogP contribution in [-0.2, 0) is 19.4 Å². The molecule has 0 radical (unpaired) electrons. The molecule has 1 aliphatic carbocycles. The summed E-state index contributed by atoms with van der Waals surface area (Å²) in [6, 6.07) is 10.5. The molecule has 0 spiro atoms. The van der Waals surface area contributed by atoms with Crippen LogP contribution in [0.2, 0.25) is 0 Å². The summed E-state index contributed by atoms with van der Waals surface area (Å²) in [5.41, 5.74) is 4.05. The van der Waals surface area contributed by atoms with Gasteiger partial charge in [-0.3, -0.25) is 0 Å². The maximum atomic E-state index is 4.71. The second-order valence-corrected chi connectivity index (χ2v) is 5.18. The Kier molecular flexibility index (Phi) is 3.49. The number of hydrogen-bond acceptors (Lipinski definition) is 1. The molecule has 0 bridgehead atoms. The van der Waals surface area contributed by atoms with Crippen LogP contribution < -0.4 is 0 Å². The number of hydrogen-bond donors (Lipinski definition) is 0. The third-order valence-electron chi connectivity index (χ3n) is 3.82. The Hall–Kier alpha value is -1.83. The van der Waals surface area contributed by atoms with Gasteiger partial charge in [-0.2, -0.15) is 0 Å². The summed E-state index contributed by atoms with van der Waals surface area (Å²) in [5, 5.41) is 0. The maximum Gasteiger partial charge on any atom is 0.106 e. The van der Waals surface area contributed by atoms with Crippen LogP contribution >= 0.6 is 0 Å². The van der Waals surface area contributed by atoms with Gasteiger partial charge in [0.15, 0.2) is 0 Å². The molecule has 0 saturated heterocycles. The maximum absolute atomic E-state index is 4.71. The van der Waals surface area contributed by atoms with Crippen LogP contribution in [0.4, 0.5) is 0 Å². The van der Waals surface area contributed by atoms with E-state index in [1.54, 1.807) is 0 Å². The molecular weight excluding hydrogens is 232 g/mol. The zero-order chi connectivity index (χ0) is 13.1. The Labute approximate surface area is 114 Å². The molecule has 1 heterocycles. The fourth-order valence-corrected chi connectivity index (χ4v) is 2.84. The fraction of sp³-hybridized carbons (Fsp3) is 0.353. The molecule has 0 saturated carbocycles. The largest absolute Gasteiger partial charge is 0.328 e. The Morgan fingerprint density at radius 1 is 1.16 bits per heavy atom. The minimum Gasteiger partial charge on any atom is -0.328 e. The molecule has 3 rings (SSSR count). The fourth-order valence-electron chi connectivity index (χ4n) is 2.84. The SMILES string of the molecule is Cc1nc2c(n1C/C=C/c1ccccc1)CCCC2. The van der Waals surface area contributed by atoms with E-state index in [0.29, 0.717) is 0 Å². The van der Waals surface area contributed by atoms with Gasteiger partial charge >= 0.3 is 0 Å². The van der Waals surface area contributed by atoms with E-state index in [0.717, 1.165) is 18.8 Å². The van der Waals surface area contributed by atoms with Crippen molar-refractivity contribution < 1.29 is 0 Å². The van der Waals surface area contributed by atoms with Crippen molar-refractivity contribution in [2.45, 2.75) is 39.2 Å². The number of imidazole rings is 1. The number of fused-ring (bicyclic) bond motifs is 1. The van der Waals surface area contributed by atoms with Crippen molar-refractivity contribution in [2.24, 2.45) is 0 Å². The molecule has 0 fully saturated rings. The number of allylic oxidation sites excluding steroid dienone is 1. The molecule has 2 aromatic rings. The Morgan fingerprint density at radius 3 is 2.79 bits per heavy atom. The van der Waals surface area contributed by atoms with E-state index in [9.17, 15) is 0 Å². The topological polar surface area (TPSA) is 17.8 Å². The molecule has 0 amide bonds. The number of aromatic nitrogens is 2. The highest BCUT2D eigenvalue weighted by molar-refractivity contribution is 5.48. The quantitative estimate of drug-likeness (QED) is 0.812. The van der Waals surface area contributed by atoms with Crippen molar-refractivity contribution in [3.05, 3.63) is 59.2 Å². The van der Waals surface area contributed by atoms with Crippen LogP contribution in [-0.4, -0.2) is 9.55 Å². The summed E-state index contributed by atoms with van der Waals surface area (Å²) in [5.74, 6) is 1.16. The number of rotatable bonds is 3. The minimum atomic E-state index is 0.934. The lowest BCUT2D eigenvalue weighted by molar-refractivity contribution is 0.629. The van der Waals surface area contributed by atoms with Crippen LogP contribution in [0.1, 0.15) is 35.6 Å². The Morgan fingerprint density at radius 2 is 1.95 bits per heavy atom. The van der Waals surface area contributed by atoms with Crippen LogP contribution in [0.5, 0.6) is 0 Å². The number of nitrogens with zero attached hydrogens (tertiary/aromatic N) is 2. The average molecular weight is 252 g/mol. The van der Waals surface area contributed by atoms with Gasteiger partial charge < -0.3 is 4.57 Å². The first kappa shape index (κ1) is 12.2. The first-order chi connectivity index (χ1) is 9.34. The molecule has 0 aliphatic heterocycles. The Bertz CT molecular complexity index is 579. The normalized spacial score (nSPS) is 14.8. The van der Waals surface area contributed by atoms with E-state index < -0.39 is 0 Å². The van der Waals surface area contributed by atoms with Gasteiger partial charge in [-0.15, -0.1) is 0 Å². The van der Waals surface area contributed by atoms with Crippen molar-refractivity contribution in [3.63, 3.8) is 0 Å². The van der Waals surface area contributed by atoms with Crippen molar-refractivity contribution in [3.8, 4) is 0 Å². The monoisotopic (exact) mass is 252 g/mol. The molecule has 0 N–H and O–H groups in total. The minimum absolute atomic E-state index is 0.934. The van der Waals surface area contributed by atoms with Gasteiger partial charge in [-0.05, 0) is 38.2 Å². The van der Waals surface area contributed by atoms with Crippen molar-refractivity contribution in [2.75, 3.05) is 0 Å². The van der Waals surface area contributed by atoms with Gasteiger partial charge in [0, 0.05) is 12.2 Å².